The highest BCUT2D eigenvalue weighted by Gasteiger charge is 2.15. The van der Waals surface area contributed by atoms with Gasteiger partial charge >= 0.3 is 0 Å². The van der Waals surface area contributed by atoms with Gasteiger partial charge in [-0.15, -0.1) is 0 Å². The zero-order chi connectivity index (χ0) is 21.2. The molecule has 1 atom stereocenters. The molecule has 0 heterocycles. The molecule has 0 bridgehead atoms. The van der Waals surface area contributed by atoms with Crippen LogP contribution < -0.4 is 25.0 Å². The number of nitrogens with one attached hydrogen (secondary N) is 3. The maximum absolute atomic E-state index is 12.3. The smallest absolute Gasteiger partial charge is 0.279 e. The van der Waals surface area contributed by atoms with Crippen LogP contribution in [0.2, 0.25) is 5.02 Å². The van der Waals surface area contributed by atoms with E-state index in [9.17, 15) is 9.59 Å². The van der Waals surface area contributed by atoms with Crippen molar-refractivity contribution in [3.8, 4) is 11.5 Å². The number of hydrogen-bond donors (Lipinski definition) is 3. The number of hydrogen-bond acceptors (Lipinski definition) is 4. The minimum atomic E-state index is -0.228. The van der Waals surface area contributed by atoms with Crippen LogP contribution in [0.1, 0.15) is 5.56 Å². The summed E-state index contributed by atoms with van der Waals surface area (Å²) >= 11 is 5.97. The van der Waals surface area contributed by atoms with Crippen LogP contribution in [0.5, 0.6) is 11.5 Å². The Hall–Kier alpha value is -2.77. The molecule has 2 aromatic carbocycles. The minimum Gasteiger partial charge on any atom is -0.497 e. The molecule has 2 aromatic rings. The van der Waals surface area contributed by atoms with Crippen molar-refractivity contribution in [3.63, 3.8) is 0 Å². The first-order valence-corrected chi connectivity index (χ1v) is 9.63. The lowest BCUT2D eigenvalue weighted by Crippen LogP contribution is -3.11. The number of benzene rings is 2. The summed E-state index contributed by atoms with van der Waals surface area (Å²) in [6, 6.07) is 12.7. The minimum absolute atomic E-state index is 0.107. The molecule has 1 unspecified atom stereocenters. The van der Waals surface area contributed by atoms with Gasteiger partial charge in [0.2, 0.25) is 0 Å². The molecule has 7 nitrogen and oxygen atoms in total. The average Bonchev–Trinajstić information content (AvgIpc) is 2.68. The summed E-state index contributed by atoms with van der Waals surface area (Å²) in [6.45, 7) is 0.870. The van der Waals surface area contributed by atoms with Crippen LogP contribution in [-0.4, -0.2) is 52.7 Å². The molecule has 0 aromatic heterocycles. The molecule has 0 radical (unpaired) electrons. The fourth-order valence-corrected chi connectivity index (χ4v) is 2.96. The van der Waals surface area contributed by atoms with E-state index in [0.29, 0.717) is 23.0 Å². The number of likely N-dealkylation sites (N-methyl/N-ethyl adjacent to an activating group) is 1. The first-order chi connectivity index (χ1) is 13.9. The van der Waals surface area contributed by atoms with Crippen LogP contribution in [0.15, 0.2) is 42.5 Å². The third-order valence-corrected chi connectivity index (χ3v) is 4.49. The summed E-state index contributed by atoms with van der Waals surface area (Å²) in [7, 11) is 4.93. The van der Waals surface area contributed by atoms with Crippen molar-refractivity contribution in [1.29, 1.82) is 0 Å². The Morgan fingerprint density at radius 2 is 1.69 bits per heavy atom. The number of quaternary nitrogens is 1. The number of methoxy groups -OCH3 is 2. The van der Waals surface area contributed by atoms with Crippen LogP contribution in [0.3, 0.4) is 0 Å². The highest BCUT2D eigenvalue weighted by Crippen LogP contribution is 2.27. The Bertz CT molecular complexity index is 827. The summed E-state index contributed by atoms with van der Waals surface area (Å²) in [5, 5.41) is 6.15. The van der Waals surface area contributed by atoms with Gasteiger partial charge < -0.3 is 25.0 Å². The van der Waals surface area contributed by atoms with Crippen molar-refractivity contribution in [2.45, 2.75) is 6.42 Å². The van der Waals surface area contributed by atoms with Gasteiger partial charge in [-0.2, -0.15) is 0 Å². The fourth-order valence-electron chi connectivity index (χ4n) is 2.78. The van der Waals surface area contributed by atoms with Crippen LogP contribution in [0, 0.1) is 0 Å². The molecule has 0 aliphatic heterocycles. The third-order valence-electron chi connectivity index (χ3n) is 4.26. The molecule has 8 heteroatoms. The van der Waals surface area contributed by atoms with Gasteiger partial charge in [0.25, 0.3) is 11.8 Å². The molecule has 2 rings (SSSR count). The first-order valence-electron chi connectivity index (χ1n) is 9.25. The van der Waals surface area contributed by atoms with Gasteiger partial charge in [-0.1, -0.05) is 23.7 Å². The topological polar surface area (TPSA) is 81.1 Å². The molecular weight excluding hydrogens is 394 g/mol. The number of anilines is 1. The number of amides is 2. The third kappa shape index (κ3) is 7.63. The van der Waals surface area contributed by atoms with Crippen LogP contribution >= 0.6 is 11.6 Å². The largest absolute Gasteiger partial charge is 0.497 e. The summed E-state index contributed by atoms with van der Waals surface area (Å²) in [6.07, 6.45) is 0.726. The number of carbonyl (C=O) groups excluding carboxylic acids is 2. The van der Waals surface area contributed by atoms with Crippen molar-refractivity contribution < 1.29 is 24.0 Å². The van der Waals surface area contributed by atoms with E-state index >= 15 is 0 Å². The lowest BCUT2D eigenvalue weighted by molar-refractivity contribution is -0.862. The number of carbonyl (C=O) groups is 2. The quantitative estimate of drug-likeness (QED) is 0.539. The predicted molar refractivity (Wildman–Crippen MR) is 113 cm³/mol. The van der Waals surface area contributed by atoms with E-state index in [-0.39, 0.29) is 24.9 Å². The molecule has 2 amide bonds. The Morgan fingerprint density at radius 3 is 2.34 bits per heavy atom. The zero-order valence-corrected chi connectivity index (χ0v) is 17.6. The zero-order valence-electron chi connectivity index (χ0n) is 16.9. The summed E-state index contributed by atoms with van der Waals surface area (Å²) in [5.74, 6) is 0.992. The molecule has 156 valence electrons. The summed E-state index contributed by atoms with van der Waals surface area (Å²) < 4.78 is 10.3. The van der Waals surface area contributed by atoms with E-state index in [0.717, 1.165) is 22.6 Å². The molecule has 0 saturated heterocycles. The SMILES string of the molecule is COc1ccc(CCNC(=O)C[NH+](C)CC(=O)Nc2cc(Cl)ccc2OC)cc1. The normalized spacial score (nSPS) is 11.4. The van der Waals surface area contributed by atoms with Crippen LogP contribution in [0.4, 0.5) is 5.69 Å². The predicted octanol–water partition coefficient (Wildman–Crippen LogP) is 1.17. The van der Waals surface area contributed by atoms with Crippen molar-refractivity contribution in [3.05, 3.63) is 53.1 Å². The van der Waals surface area contributed by atoms with Crippen LogP contribution in [0.25, 0.3) is 0 Å². The van der Waals surface area contributed by atoms with E-state index in [2.05, 4.69) is 10.6 Å². The molecule has 29 heavy (non-hydrogen) atoms. The maximum atomic E-state index is 12.3. The standard InChI is InChI=1S/C21H26ClN3O4/c1-25(14-21(27)24-18-12-16(22)6-9-19(18)29-3)13-20(26)23-11-10-15-4-7-17(28-2)8-5-15/h4-9,12H,10-11,13-14H2,1-3H3,(H,23,26)(H,24,27)/p+1. The highest BCUT2D eigenvalue weighted by molar-refractivity contribution is 6.31. The van der Waals surface area contributed by atoms with Gasteiger partial charge in [0.05, 0.1) is 27.0 Å². The van der Waals surface area contributed by atoms with Gasteiger partial charge in [-0.25, -0.2) is 0 Å². The summed E-state index contributed by atoms with van der Waals surface area (Å²) in [4.78, 5) is 25.1. The molecule has 0 spiro atoms. The Kier molecular flexibility index (Phi) is 8.76. The van der Waals surface area contributed by atoms with Crippen molar-refractivity contribution in [2.75, 3.05) is 46.2 Å². The number of rotatable bonds is 10. The Morgan fingerprint density at radius 1 is 1.00 bits per heavy atom. The number of halogens is 1. The molecule has 0 aliphatic carbocycles. The fraction of sp³-hybridized carbons (Fsp3) is 0.333. The van der Waals surface area contributed by atoms with Gasteiger partial charge in [-0.3, -0.25) is 9.59 Å². The van der Waals surface area contributed by atoms with Gasteiger partial charge in [0.15, 0.2) is 13.1 Å². The lowest BCUT2D eigenvalue weighted by Gasteiger charge is -2.15. The second kappa shape index (κ2) is 11.3. The molecule has 0 aliphatic rings. The van der Waals surface area contributed by atoms with Crippen molar-refractivity contribution in [1.82, 2.24) is 5.32 Å². The van der Waals surface area contributed by atoms with E-state index in [1.54, 1.807) is 32.4 Å². The Labute approximate surface area is 175 Å². The van der Waals surface area contributed by atoms with Gasteiger partial charge in [-0.05, 0) is 42.3 Å². The maximum Gasteiger partial charge on any atom is 0.279 e. The lowest BCUT2D eigenvalue weighted by atomic mass is 10.1. The molecule has 0 saturated carbocycles. The second-order valence-corrected chi connectivity index (χ2v) is 7.09. The Balaban J connectivity index is 1.73. The van der Waals surface area contributed by atoms with Crippen molar-refractivity contribution >= 4 is 29.1 Å². The second-order valence-electron chi connectivity index (χ2n) is 6.65. The van der Waals surface area contributed by atoms with E-state index < -0.39 is 0 Å². The van der Waals surface area contributed by atoms with E-state index in [4.69, 9.17) is 21.1 Å². The van der Waals surface area contributed by atoms with Gasteiger partial charge in [0.1, 0.15) is 11.5 Å². The first kappa shape index (κ1) is 22.5. The molecule has 3 N–H and O–H groups in total. The van der Waals surface area contributed by atoms with E-state index in [1.165, 1.54) is 7.11 Å². The van der Waals surface area contributed by atoms with Crippen molar-refractivity contribution in [2.24, 2.45) is 0 Å². The van der Waals surface area contributed by atoms with Crippen LogP contribution in [-0.2, 0) is 16.0 Å². The number of ether oxygens (including phenoxy) is 2. The van der Waals surface area contributed by atoms with E-state index in [1.807, 2.05) is 24.3 Å². The molecule has 0 fully saturated rings. The summed E-state index contributed by atoms with van der Waals surface area (Å²) in [5.41, 5.74) is 1.61. The highest BCUT2D eigenvalue weighted by atomic mass is 35.5. The monoisotopic (exact) mass is 420 g/mol. The molecular formula is C21H27ClN3O4+. The van der Waals surface area contributed by atoms with Gasteiger partial charge in [0, 0.05) is 11.6 Å². The average molecular weight is 421 g/mol.